The maximum atomic E-state index is 5.96. The van der Waals surface area contributed by atoms with Gasteiger partial charge in [0, 0.05) is 17.3 Å². The van der Waals surface area contributed by atoms with Gasteiger partial charge in [0.05, 0.1) is 0 Å². The Kier molecular flexibility index (Phi) is 4.11. The summed E-state index contributed by atoms with van der Waals surface area (Å²) < 4.78 is 11.8. The summed E-state index contributed by atoms with van der Waals surface area (Å²) in [6, 6.07) is 29.9. The van der Waals surface area contributed by atoms with E-state index < -0.39 is 0 Å². The number of fused-ring (bicyclic) bond motifs is 1. The zero-order valence-electron chi connectivity index (χ0n) is 15.1. The Balaban J connectivity index is 1.50. The van der Waals surface area contributed by atoms with Gasteiger partial charge in [0.2, 0.25) is 0 Å². The van der Waals surface area contributed by atoms with Crippen LogP contribution in [0.3, 0.4) is 0 Å². The largest absolute Gasteiger partial charge is 0.462 e. The molecule has 0 N–H and O–H groups in total. The summed E-state index contributed by atoms with van der Waals surface area (Å²) in [7, 11) is 0. The minimum absolute atomic E-state index is 0.769. The third-order valence-electron chi connectivity index (χ3n) is 4.64. The van der Waals surface area contributed by atoms with Gasteiger partial charge in [-0.15, -0.1) is 0 Å². The average Bonchev–Trinajstić information content (AvgIpc) is 3.19. The molecule has 0 aliphatic carbocycles. The summed E-state index contributed by atoms with van der Waals surface area (Å²) in [5, 5.41) is 0. The van der Waals surface area contributed by atoms with Crippen molar-refractivity contribution in [2.75, 3.05) is 0 Å². The number of rotatable bonds is 4. The molecule has 0 unspecified atom stereocenters. The molecule has 0 aliphatic heterocycles. The molecule has 0 bridgehead atoms. The smallest absolute Gasteiger partial charge is 0.153 e. The number of pyridine rings is 1. The van der Waals surface area contributed by atoms with Crippen molar-refractivity contribution in [2.24, 2.45) is 0 Å². The summed E-state index contributed by atoms with van der Waals surface area (Å²) in [6.07, 6.45) is 3.65. The van der Waals surface area contributed by atoms with Gasteiger partial charge >= 0.3 is 0 Å². The normalized spacial score (nSPS) is 10.9. The molecular formula is C25H17NO2. The third-order valence-corrected chi connectivity index (χ3v) is 4.64. The summed E-state index contributed by atoms with van der Waals surface area (Å²) in [5.74, 6) is 1.58. The number of furan rings is 1. The van der Waals surface area contributed by atoms with Crippen molar-refractivity contribution in [3.05, 3.63) is 103 Å². The van der Waals surface area contributed by atoms with Crippen LogP contribution in [0.4, 0.5) is 0 Å². The molecule has 134 valence electrons. The maximum absolute atomic E-state index is 5.96. The summed E-state index contributed by atoms with van der Waals surface area (Å²) in [4.78, 5) is 4.67. The van der Waals surface area contributed by atoms with Gasteiger partial charge in [-0.2, -0.15) is 0 Å². The first-order valence-electron chi connectivity index (χ1n) is 9.13. The Morgan fingerprint density at radius 1 is 0.643 bits per heavy atom. The molecule has 0 saturated carbocycles. The van der Waals surface area contributed by atoms with E-state index in [1.165, 1.54) is 0 Å². The second-order valence-electron chi connectivity index (χ2n) is 6.53. The maximum Gasteiger partial charge on any atom is 0.153 e. The number of hydrogen-bond acceptors (Lipinski definition) is 3. The molecule has 0 spiro atoms. The molecule has 0 radical (unpaired) electrons. The molecule has 2 heterocycles. The fourth-order valence-electron chi connectivity index (χ4n) is 3.26. The first-order valence-corrected chi connectivity index (χ1v) is 9.13. The summed E-state index contributed by atoms with van der Waals surface area (Å²) >= 11 is 0. The SMILES string of the molecule is c1ccc(Oc2cccc(-c3coc4cc(-c5ccccc5)cnc34)c2)cc1. The molecule has 3 aromatic carbocycles. The number of ether oxygens (including phenoxy) is 1. The second-order valence-corrected chi connectivity index (χ2v) is 6.53. The fourth-order valence-corrected chi connectivity index (χ4v) is 3.26. The van der Waals surface area contributed by atoms with Crippen molar-refractivity contribution in [1.82, 2.24) is 4.98 Å². The van der Waals surface area contributed by atoms with Crippen molar-refractivity contribution in [3.8, 4) is 33.8 Å². The highest BCUT2D eigenvalue weighted by molar-refractivity contribution is 5.92. The number of aromatic nitrogens is 1. The minimum atomic E-state index is 0.769. The lowest BCUT2D eigenvalue weighted by Gasteiger charge is -2.07. The first-order chi connectivity index (χ1) is 13.9. The lowest BCUT2D eigenvalue weighted by molar-refractivity contribution is 0.483. The van der Waals surface area contributed by atoms with E-state index in [1.807, 2.05) is 85.1 Å². The zero-order chi connectivity index (χ0) is 18.8. The highest BCUT2D eigenvalue weighted by Crippen LogP contribution is 2.34. The summed E-state index contributed by atoms with van der Waals surface area (Å²) in [6.45, 7) is 0. The van der Waals surface area contributed by atoms with Crippen molar-refractivity contribution >= 4 is 11.1 Å². The Morgan fingerprint density at radius 3 is 2.18 bits per heavy atom. The van der Waals surface area contributed by atoms with Gasteiger partial charge in [-0.3, -0.25) is 4.98 Å². The molecule has 28 heavy (non-hydrogen) atoms. The second kappa shape index (κ2) is 7.05. The van der Waals surface area contributed by atoms with Crippen LogP contribution in [0.25, 0.3) is 33.4 Å². The summed E-state index contributed by atoms with van der Waals surface area (Å²) in [5.41, 5.74) is 5.73. The molecular weight excluding hydrogens is 346 g/mol. The van der Waals surface area contributed by atoms with E-state index in [-0.39, 0.29) is 0 Å². The lowest BCUT2D eigenvalue weighted by atomic mass is 10.1. The van der Waals surface area contributed by atoms with Crippen molar-refractivity contribution in [1.29, 1.82) is 0 Å². The third kappa shape index (κ3) is 3.14. The molecule has 2 aromatic heterocycles. The highest BCUT2D eigenvalue weighted by Gasteiger charge is 2.12. The highest BCUT2D eigenvalue weighted by atomic mass is 16.5. The lowest BCUT2D eigenvalue weighted by Crippen LogP contribution is -1.85. The fraction of sp³-hybridized carbons (Fsp3) is 0. The Bertz CT molecular complexity index is 1230. The number of benzene rings is 3. The average molecular weight is 363 g/mol. The predicted molar refractivity (Wildman–Crippen MR) is 111 cm³/mol. The zero-order valence-corrected chi connectivity index (χ0v) is 15.1. The number of para-hydroxylation sites is 1. The van der Waals surface area contributed by atoms with Crippen molar-refractivity contribution < 1.29 is 9.15 Å². The van der Waals surface area contributed by atoms with E-state index >= 15 is 0 Å². The molecule has 0 fully saturated rings. The van der Waals surface area contributed by atoms with Gasteiger partial charge < -0.3 is 9.15 Å². The molecule has 0 amide bonds. The van der Waals surface area contributed by atoms with Crippen LogP contribution < -0.4 is 4.74 Å². The van der Waals surface area contributed by atoms with Crippen molar-refractivity contribution in [2.45, 2.75) is 0 Å². The molecule has 0 aliphatic rings. The van der Waals surface area contributed by atoms with E-state index in [9.17, 15) is 0 Å². The molecule has 0 atom stereocenters. The van der Waals surface area contributed by atoms with Crippen LogP contribution in [0.15, 0.2) is 108 Å². The van der Waals surface area contributed by atoms with Gasteiger partial charge in [-0.1, -0.05) is 60.7 Å². The van der Waals surface area contributed by atoms with Crippen LogP contribution in [0, 0.1) is 0 Å². The predicted octanol–water partition coefficient (Wildman–Crippen LogP) is 6.95. The van der Waals surface area contributed by atoms with Crippen LogP contribution in [-0.2, 0) is 0 Å². The van der Waals surface area contributed by atoms with Crippen LogP contribution in [0.5, 0.6) is 11.5 Å². The van der Waals surface area contributed by atoms with E-state index in [4.69, 9.17) is 9.15 Å². The van der Waals surface area contributed by atoms with E-state index in [0.29, 0.717) is 0 Å². The Labute approximate surface area is 162 Å². The van der Waals surface area contributed by atoms with E-state index in [1.54, 1.807) is 6.26 Å². The molecule has 5 aromatic rings. The van der Waals surface area contributed by atoms with Gasteiger partial charge in [0.25, 0.3) is 0 Å². The van der Waals surface area contributed by atoms with Gasteiger partial charge in [-0.05, 0) is 41.5 Å². The number of hydrogen-bond donors (Lipinski definition) is 0. The molecule has 3 heteroatoms. The standard InChI is InChI=1S/C25H17NO2/c1-3-8-18(9-4-1)20-15-24-25(26-16-20)23(17-27-24)19-10-7-13-22(14-19)28-21-11-5-2-6-12-21/h1-17H. The minimum Gasteiger partial charge on any atom is -0.462 e. The van der Waals surface area contributed by atoms with Crippen LogP contribution in [0.1, 0.15) is 0 Å². The Morgan fingerprint density at radius 2 is 1.36 bits per heavy atom. The number of nitrogens with zero attached hydrogens (tertiary/aromatic N) is 1. The Hall–Kier alpha value is -3.85. The monoisotopic (exact) mass is 363 g/mol. The van der Waals surface area contributed by atoms with Gasteiger partial charge in [0.1, 0.15) is 23.3 Å². The van der Waals surface area contributed by atoms with Crippen LogP contribution in [0.2, 0.25) is 0 Å². The molecule has 0 saturated heterocycles. The van der Waals surface area contributed by atoms with Crippen molar-refractivity contribution in [3.63, 3.8) is 0 Å². The van der Waals surface area contributed by atoms with Gasteiger partial charge in [-0.25, -0.2) is 0 Å². The van der Waals surface area contributed by atoms with Crippen LogP contribution >= 0.6 is 0 Å². The molecule has 3 nitrogen and oxygen atoms in total. The topological polar surface area (TPSA) is 35.3 Å². The van der Waals surface area contributed by atoms with E-state index in [2.05, 4.69) is 17.1 Å². The van der Waals surface area contributed by atoms with E-state index in [0.717, 1.165) is 44.9 Å². The first kappa shape index (κ1) is 16.3. The van der Waals surface area contributed by atoms with Gasteiger partial charge in [0.15, 0.2) is 5.58 Å². The quantitative estimate of drug-likeness (QED) is 0.346. The molecule has 5 rings (SSSR count). The van der Waals surface area contributed by atoms with Crippen LogP contribution in [-0.4, -0.2) is 4.98 Å².